The number of ether oxygens (including phenoxy) is 2. The Morgan fingerprint density at radius 3 is 2.97 bits per heavy atom. The summed E-state index contributed by atoms with van der Waals surface area (Å²) in [6, 6.07) is 5.48. The quantitative estimate of drug-likeness (QED) is 0.525. The molecule has 0 aromatic carbocycles. The zero-order valence-corrected chi connectivity index (χ0v) is 20.6. The lowest BCUT2D eigenvalue weighted by Gasteiger charge is -2.19. The third kappa shape index (κ3) is 4.10. The molecule has 0 spiro atoms. The molecule has 2 N–H and O–H groups in total. The maximum atomic E-state index is 12.2. The molecule has 2 unspecified atom stereocenters. The van der Waals surface area contributed by atoms with Crippen molar-refractivity contribution in [2.45, 2.75) is 25.4 Å². The lowest BCUT2D eigenvalue weighted by atomic mass is 10.0. The number of aromatic nitrogens is 4. The monoisotopic (exact) mass is 494 g/mol. The molecule has 2 atom stereocenters. The van der Waals surface area contributed by atoms with Gasteiger partial charge in [0.2, 0.25) is 11.8 Å². The number of nitrogen functional groups attached to an aromatic ring is 1. The van der Waals surface area contributed by atoms with E-state index < -0.39 is 5.60 Å². The van der Waals surface area contributed by atoms with Gasteiger partial charge in [0.25, 0.3) is 5.91 Å². The zero-order valence-electron chi connectivity index (χ0n) is 20.6. The molecule has 9 heteroatoms. The van der Waals surface area contributed by atoms with Gasteiger partial charge in [-0.1, -0.05) is 12.0 Å². The van der Waals surface area contributed by atoms with Gasteiger partial charge < -0.3 is 20.1 Å². The molecule has 37 heavy (non-hydrogen) atoms. The SMILES string of the molecule is CC#CC(=O)N1CCC(Cc2nc(C3=CC4=CC4(Oc4cc(OC)ccn4)C=C3)n3c(N)nccc23)C1. The van der Waals surface area contributed by atoms with Crippen LogP contribution in [0, 0.1) is 17.8 Å². The Kier molecular flexibility index (Phi) is 5.45. The van der Waals surface area contributed by atoms with Gasteiger partial charge in [0, 0.05) is 42.7 Å². The van der Waals surface area contributed by atoms with Gasteiger partial charge in [0.15, 0.2) is 5.60 Å². The summed E-state index contributed by atoms with van der Waals surface area (Å²) >= 11 is 0. The Hall–Kier alpha value is -4.58. The van der Waals surface area contributed by atoms with E-state index in [1.807, 2.05) is 33.6 Å². The van der Waals surface area contributed by atoms with Crippen LogP contribution < -0.4 is 15.2 Å². The second-order valence-electron chi connectivity index (χ2n) is 9.35. The highest BCUT2D eigenvalue weighted by molar-refractivity contribution is 5.93. The molecule has 2 aliphatic carbocycles. The number of carbonyl (C=O) groups is 1. The van der Waals surface area contributed by atoms with Crippen LogP contribution in [0.2, 0.25) is 0 Å². The summed E-state index contributed by atoms with van der Waals surface area (Å²) in [5.74, 6) is 7.81. The summed E-state index contributed by atoms with van der Waals surface area (Å²) in [7, 11) is 1.61. The van der Waals surface area contributed by atoms with Gasteiger partial charge >= 0.3 is 0 Å². The topological polar surface area (TPSA) is 108 Å². The van der Waals surface area contributed by atoms with E-state index in [2.05, 4.69) is 27.9 Å². The van der Waals surface area contributed by atoms with Crippen LogP contribution in [0.15, 0.2) is 60.5 Å². The van der Waals surface area contributed by atoms with Crippen molar-refractivity contribution in [3.05, 3.63) is 72.0 Å². The summed E-state index contributed by atoms with van der Waals surface area (Å²) < 4.78 is 13.3. The molecule has 3 aliphatic rings. The molecule has 0 saturated carbocycles. The second kappa shape index (κ2) is 8.82. The van der Waals surface area contributed by atoms with E-state index in [0.717, 1.165) is 41.0 Å². The van der Waals surface area contributed by atoms with Crippen LogP contribution in [-0.2, 0) is 11.2 Å². The maximum Gasteiger partial charge on any atom is 0.298 e. The van der Waals surface area contributed by atoms with E-state index in [4.69, 9.17) is 20.2 Å². The lowest BCUT2D eigenvalue weighted by Crippen LogP contribution is -2.27. The fraction of sp³-hybridized carbons (Fsp3) is 0.286. The number of methoxy groups -OCH3 is 1. The van der Waals surface area contributed by atoms with Crippen LogP contribution in [0.3, 0.4) is 0 Å². The van der Waals surface area contributed by atoms with Crippen LogP contribution in [-0.4, -0.2) is 56.0 Å². The highest BCUT2D eigenvalue weighted by Crippen LogP contribution is 2.46. The molecule has 1 saturated heterocycles. The van der Waals surface area contributed by atoms with Crippen molar-refractivity contribution in [2.24, 2.45) is 5.92 Å². The minimum absolute atomic E-state index is 0.112. The number of imidazole rings is 1. The minimum Gasteiger partial charge on any atom is -0.497 e. The summed E-state index contributed by atoms with van der Waals surface area (Å²) in [5, 5.41) is 0. The summed E-state index contributed by atoms with van der Waals surface area (Å²) in [5.41, 5.74) is 9.52. The van der Waals surface area contributed by atoms with Crippen LogP contribution in [0.4, 0.5) is 5.95 Å². The first kappa shape index (κ1) is 22.9. The maximum absolute atomic E-state index is 12.2. The van der Waals surface area contributed by atoms with Gasteiger partial charge in [-0.25, -0.2) is 15.0 Å². The first-order valence-electron chi connectivity index (χ1n) is 12.2. The highest BCUT2D eigenvalue weighted by atomic mass is 16.5. The van der Waals surface area contributed by atoms with Gasteiger partial charge in [-0.05, 0) is 62.0 Å². The summed E-state index contributed by atoms with van der Waals surface area (Å²) in [4.78, 5) is 27.6. The predicted octanol–water partition coefficient (Wildman–Crippen LogP) is 2.84. The van der Waals surface area contributed by atoms with Gasteiger partial charge in [-0.3, -0.25) is 9.20 Å². The number of hydrogen-bond acceptors (Lipinski definition) is 7. The largest absolute Gasteiger partial charge is 0.497 e. The van der Waals surface area contributed by atoms with Gasteiger partial charge in [0.1, 0.15) is 11.6 Å². The lowest BCUT2D eigenvalue weighted by molar-refractivity contribution is -0.124. The number of allylic oxidation sites excluding steroid dienone is 2. The van der Waals surface area contributed by atoms with Gasteiger partial charge in [0.05, 0.1) is 18.3 Å². The van der Waals surface area contributed by atoms with E-state index in [1.165, 1.54) is 0 Å². The number of hydrogen-bond donors (Lipinski definition) is 1. The number of anilines is 1. The standard InChI is InChI=1S/C28H26N6O3/c1-3-4-25(35)33-12-8-18(17-33)13-22-23-7-11-31-27(29)34(23)26(32-22)19-5-9-28(16-20(28)14-19)37-24-15-21(36-2)6-10-30-24/h5-7,9-11,14-16,18H,8,12-13,17H2,1-2H3,(H2,29,31). The van der Waals surface area contributed by atoms with Crippen molar-refractivity contribution in [2.75, 3.05) is 25.9 Å². The normalized spacial score (nSPS) is 21.6. The molecule has 0 radical (unpaired) electrons. The Balaban J connectivity index is 1.25. The second-order valence-corrected chi connectivity index (χ2v) is 9.35. The molecule has 1 amide bonds. The molecule has 4 heterocycles. The fourth-order valence-corrected chi connectivity index (χ4v) is 5.04. The van der Waals surface area contributed by atoms with Crippen molar-refractivity contribution in [3.63, 3.8) is 0 Å². The fourth-order valence-electron chi connectivity index (χ4n) is 5.04. The average Bonchev–Trinajstić information content (AvgIpc) is 3.20. The number of carbonyl (C=O) groups excluding carboxylic acids is 1. The summed E-state index contributed by atoms with van der Waals surface area (Å²) in [6.45, 7) is 3.07. The van der Waals surface area contributed by atoms with Crippen LogP contribution >= 0.6 is 0 Å². The molecule has 1 aliphatic heterocycles. The number of rotatable bonds is 6. The van der Waals surface area contributed by atoms with Crippen molar-refractivity contribution in [1.82, 2.24) is 24.3 Å². The molecule has 3 aromatic rings. The third-order valence-electron chi connectivity index (χ3n) is 6.98. The first-order valence-corrected chi connectivity index (χ1v) is 12.2. The first-order chi connectivity index (χ1) is 18.0. The van der Waals surface area contributed by atoms with Gasteiger partial charge in [-0.2, -0.15) is 0 Å². The third-order valence-corrected chi connectivity index (χ3v) is 6.98. The Labute approximate surface area is 214 Å². The number of amides is 1. The Bertz CT molecular complexity index is 1570. The van der Waals surface area contributed by atoms with E-state index in [0.29, 0.717) is 36.6 Å². The smallest absolute Gasteiger partial charge is 0.298 e. The summed E-state index contributed by atoms with van der Waals surface area (Å²) in [6.07, 6.45) is 13.1. The van der Waals surface area contributed by atoms with Crippen LogP contribution in [0.25, 0.3) is 11.1 Å². The molecule has 6 rings (SSSR count). The number of fused-ring (bicyclic) bond motifs is 2. The van der Waals surface area contributed by atoms with Crippen LogP contribution in [0.5, 0.6) is 11.6 Å². The van der Waals surface area contributed by atoms with Gasteiger partial charge in [-0.15, -0.1) is 0 Å². The molecular weight excluding hydrogens is 468 g/mol. The van der Waals surface area contributed by atoms with Crippen molar-refractivity contribution >= 4 is 22.9 Å². The molecular formula is C28H26N6O3. The van der Waals surface area contributed by atoms with Crippen molar-refractivity contribution in [1.29, 1.82) is 0 Å². The molecule has 9 nitrogen and oxygen atoms in total. The average molecular weight is 495 g/mol. The minimum atomic E-state index is -0.607. The van der Waals surface area contributed by atoms with E-state index in [9.17, 15) is 4.79 Å². The van der Waals surface area contributed by atoms with E-state index >= 15 is 0 Å². The van der Waals surface area contributed by atoms with Crippen molar-refractivity contribution < 1.29 is 14.3 Å². The number of nitrogens with two attached hydrogens (primary N) is 1. The highest BCUT2D eigenvalue weighted by Gasteiger charge is 2.46. The van der Waals surface area contributed by atoms with Crippen LogP contribution in [0.1, 0.15) is 24.9 Å². The molecule has 3 aromatic heterocycles. The van der Waals surface area contributed by atoms with Crippen molar-refractivity contribution in [3.8, 4) is 23.5 Å². The Morgan fingerprint density at radius 2 is 2.16 bits per heavy atom. The van der Waals surface area contributed by atoms with E-state index in [-0.39, 0.29) is 5.91 Å². The molecule has 186 valence electrons. The number of pyridine rings is 1. The van der Waals surface area contributed by atoms with E-state index in [1.54, 1.807) is 38.6 Å². The molecule has 1 fully saturated rings. The number of nitrogens with zero attached hydrogens (tertiary/aromatic N) is 5. The molecule has 0 bridgehead atoms. The zero-order chi connectivity index (χ0) is 25.6. The Morgan fingerprint density at radius 1 is 1.30 bits per heavy atom. The number of likely N-dealkylation sites (tertiary alicyclic amines) is 1. The predicted molar refractivity (Wildman–Crippen MR) is 139 cm³/mol.